The van der Waals surface area contributed by atoms with Crippen LogP contribution in [0.25, 0.3) is 11.4 Å². The highest BCUT2D eigenvalue weighted by atomic mass is 16.2. The van der Waals surface area contributed by atoms with Gasteiger partial charge in [0.1, 0.15) is 0 Å². The van der Waals surface area contributed by atoms with Crippen molar-refractivity contribution in [3.8, 4) is 11.4 Å². The Balaban J connectivity index is 1.56. The molecule has 0 spiro atoms. The number of carbonyl (C=O) groups excluding carboxylic acids is 1. The Morgan fingerprint density at radius 3 is 2.53 bits per heavy atom. The SMILES string of the molecule is Cc1ccc(-c2ncccn2)c(C(=O)N2CCC[C@@H](Nc3nc(C)cc(C)n3)C2)c1. The summed E-state index contributed by atoms with van der Waals surface area (Å²) >= 11 is 0. The normalized spacial score (nSPS) is 16.4. The van der Waals surface area contributed by atoms with Crippen LogP contribution in [0.15, 0.2) is 42.7 Å². The van der Waals surface area contributed by atoms with Gasteiger partial charge in [-0.15, -0.1) is 0 Å². The summed E-state index contributed by atoms with van der Waals surface area (Å²) < 4.78 is 0. The van der Waals surface area contributed by atoms with Crippen LogP contribution in [-0.2, 0) is 0 Å². The van der Waals surface area contributed by atoms with Crippen LogP contribution in [0.2, 0.25) is 0 Å². The Labute approximate surface area is 176 Å². The predicted molar refractivity (Wildman–Crippen MR) is 116 cm³/mol. The van der Waals surface area contributed by atoms with Crippen LogP contribution in [-0.4, -0.2) is 49.9 Å². The van der Waals surface area contributed by atoms with Gasteiger partial charge in [-0.05, 0) is 51.8 Å². The fraction of sp³-hybridized carbons (Fsp3) is 0.348. The third-order valence-corrected chi connectivity index (χ3v) is 5.24. The highest BCUT2D eigenvalue weighted by Crippen LogP contribution is 2.25. The van der Waals surface area contributed by atoms with E-state index in [2.05, 4.69) is 25.3 Å². The molecule has 0 unspecified atom stereocenters. The summed E-state index contributed by atoms with van der Waals surface area (Å²) in [7, 11) is 0. The first-order valence-electron chi connectivity index (χ1n) is 10.3. The zero-order valence-corrected chi connectivity index (χ0v) is 17.6. The zero-order chi connectivity index (χ0) is 21.1. The largest absolute Gasteiger partial charge is 0.350 e. The minimum absolute atomic E-state index is 0.00833. The van der Waals surface area contributed by atoms with Crippen molar-refractivity contribution in [3.63, 3.8) is 0 Å². The molecule has 1 aliphatic heterocycles. The molecule has 1 atom stereocenters. The maximum absolute atomic E-state index is 13.5. The van der Waals surface area contributed by atoms with E-state index >= 15 is 0 Å². The van der Waals surface area contributed by atoms with Crippen molar-refractivity contribution in [1.29, 1.82) is 0 Å². The third-order valence-electron chi connectivity index (χ3n) is 5.24. The number of aryl methyl sites for hydroxylation is 3. The number of carbonyl (C=O) groups is 1. The minimum atomic E-state index is 0.00833. The van der Waals surface area contributed by atoms with Crippen LogP contribution in [0.1, 0.15) is 40.2 Å². The molecule has 0 radical (unpaired) electrons. The standard InChI is InChI=1S/C23H26N6O/c1-15-7-8-19(21-24-9-5-10-25-21)20(12-15)22(30)29-11-4-6-18(14-29)28-23-26-16(2)13-17(3)27-23/h5,7-10,12-13,18H,4,6,11,14H2,1-3H3,(H,26,27,28)/t18-/m1/s1. The Morgan fingerprint density at radius 1 is 1.07 bits per heavy atom. The van der Waals surface area contributed by atoms with Crippen molar-refractivity contribution in [2.75, 3.05) is 18.4 Å². The molecule has 154 valence electrons. The number of piperidine rings is 1. The van der Waals surface area contributed by atoms with Crippen LogP contribution in [0.5, 0.6) is 0 Å². The maximum Gasteiger partial charge on any atom is 0.254 e. The monoisotopic (exact) mass is 402 g/mol. The predicted octanol–water partition coefficient (Wildman–Crippen LogP) is 3.58. The van der Waals surface area contributed by atoms with Crippen molar-refractivity contribution < 1.29 is 4.79 Å². The van der Waals surface area contributed by atoms with Gasteiger partial charge in [0.2, 0.25) is 5.95 Å². The van der Waals surface area contributed by atoms with Gasteiger partial charge in [0.05, 0.1) is 5.56 Å². The van der Waals surface area contributed by atoms with Gasteiger partial charge in [0.15, 0.2) is 5.82 Å². The third kappa shape index (κ3) is 4.45. The first-order valence-corrected chi connectivity index (χ1v) is 10.3. The molecule has 0 saturated carbocycles. The number of nitrogens with zero attached hydrogens (tertiary/aromatic N) is 5. The van der Waals surface area contributed by atoms with Crippen LogP contribution in [0, 0.1) is 20.8 Å². The summed E-state index contributed by atoms with van der Waals surface area (Å²) in [5.74, 6) is 1.20. The average Bonchev–Trinajstić information content (AvgIpc) is 2.73. The number of hydrogen-bond donors (Lipinski definition) is 1. The van der Waals surface area contributed by atoms with Gasteiger partial charge in [-0.2, -0.15) is 0 Å². The second-order valence-electron chi connectivity index (χ2n) is 7.83. The number of likely N-dealkylation sites (tertiary alicyclic amines) is 1. The molecule has 3 heterocycles. The lowest BCUT2D eigenvalue weighted by atomic mass is 10.00. The van der Waals surface area contributed by atoms with Gasteiger partial charge >= 0.3 is 0 Å². The molecule has 1 aromatic carbocycles. The summed E-state index contributed by atoms with van der Waals surface area (Å²) in [6.07, 6.45) is 5.29. The molecule has 1 N–H and O–H groups in total. The van der Waals surface area contributed by atoms with Crippen molar-refractivity contribution in [2.45, 2.75) is 39.7 Å². The molecular formula is C23H26N6O. The van der Waals surface area contributed by atoms with Crippen molar-refractivity contribution in [3.05, 3.63) is 65.2 Å². The van der Waals surface area contributed by atoms with Gasteiger partial charge in [-0.3, -0.25) is 4.79 Å². The summed E-state index contributed by atoms with van der Waals surface area (Å²) in [4.78, 5) is 33.0. The number of hydrogen-bond acceptors (Lipinski definition) is 6. The molecule has 4 rings (SSSR count). The molecule has 1 saturated heterocycles. The van der Waals surface area contributed by atoms with Crippen molar-refractivity contribution in [2.24, 2.45) is 0 Å². The van der Waals surface area contributed by atoms with Crippen molar-refractivity contribution >= 4 is 11.9 Å². The molecule has 0 bridgehead atoms. The van der Waals surface area contributed by atoms with Crippen LogP contribution < -0.4 is 5.32 Å². The first kappa shape index (κ1) is 19.9. The van der Waals surface area contributed by atoms with E-state index in [1.807, 2.05) is 49.9 Å². The van der Waals surface area contributed by atoms with Crippen molar-refractivity contribution in [1.82, 2.24) is 24.8 Å². The average molecular weight is 403 g/mol. The first-order chi connectivity index (χ1) is 14.5. The number of rotatable bonds is 4. The lowest BCUT2D eigenvalue weighted by Crippen LogP contribution is -2.45. The minimum Gasteiger partial charge on any atom is -0.350 e. The Bertz CT molecular complexity index is 1030. The van der Waals surface area contributed by atoms with Gasteiger partial charge in [-0.1, -0.05) is 17.7 Å². The topological polar surface area (TPSA) is 83.9 Å². The number of anilines is 1. The zero-order valence-electron chi connectivity index (χ0n) is 17.6. The lowest BCUT2D eigenvalue weighted by molar-refractivity contribution is 0.0715. The fourth-order valence-corrected chi connectivity index (χ4v) is 3.89. The molecule has 1 aliphatic rings. The van der Waals surface area contributed by atoms with E-state index in [9.17, 15) is 4.79 Å². The molecule has 30 heavy (non-hydrogen) atoms. The quantitative estimate of drug-likeness (QED) is 0.718. The van der Waals surface area contributed by atoms with Gasteiger partial charge in [-0.25, -0.2) is 19.9 Å². The molecule has 0 aliphatic carbocycles. The Kier molecular flexibility index (Phi) is 5.70. The molecular weight excluding hydrogens is 376 g/mol. The van der Waals surface area contributed by atoms with E-state index in [0.717, 1.165) is 41.9 Å². The van der Waals surface area contributed by atoms with E-state index in [1.54, 1.807) is 18.5 Å². The van der Waals surface area contributed by atoms with E-state index in [-0.39, 0.29) is 11.9 Å². The summed E-state index contributed by atoms with van der Waals surface area (Å²) in [5, 5.41) is 3.42. The van der Waals surface area contributed by atoms with E-state index in [4.69, 9.17) is 0 Å². The molecule has 3 aromatic rings. The number of amides is 1. The van der Waals surface area contributed by atoms with E-state index in [0.29, 0.717) is 23.9 Å². The fourth-order valence-electron chi connectivity index (χ4n) is 3.89. The van der Waals surface area contributed by atoms with Crippen LogP contribution in [0.4, 0.5) is 5.95 Å². The second-order valence-corrected chi connectivity index (χ2v) is 7.83. The number of benzene rings is 1. The Hall–Kier alpha value is -3.35. The smallest absolute Gasteiger partial charge is 0.254 e. The summed E-state index contributed by atoms with van der Waals surface area (Å²) in [5.41, 5.74) is 4.30. The highest BCUT2D eigenvalue weighted by molar-refractivity contribution is 6.00. The van der Waals surface area contributed by atoms with Crippen LogP contribution >= 0.6 is 0 Å². The number of nitrogens with one attached hydrogen (secondary N) is 1. The molecule has 7 nitrogen and oxygen atoms in total. The highest BCUT2D eigenvalue weighted by Gasteiger charge is 2.27. The molecule has 2 aromatic heterocycles. The summed E-state index contributed by atoms with van der Waals surface area (Å²) in [6, 6.07) is 9.69. The van der Waals surface area contributed by atoms with Gasteiger partial charge in [0.25, 0.3) is 5.91 Å². The molecule has 1 fully saturated rings. The molecule has 1 amide bonds. The van der Waals surface area contributed by atoms with Gasteiger partial charge < -0.3 is 10.2 Å². The summed E-state index contributed by atoms with van der Waals surface area (Å²) in [6.45, 7) is 7.25. The van der Waals surface area contributed by atoms with E-state index < -0.39 is 0 Å². The molecule has 7 heteroatoms. The second kappa shape index (κ2) is 8.57. The van der Waals surface area contributed by atoms with E-state index in [1.165, 1.54) is 0 Å². The number of aromatic nitrogens is 4. The lowest BCUT2D eigenvalue weighted by Gasteiger charge is -2.33. The van der Waals surface area contributed by atoms with Gasteiger partial charge in [0, 0.05) is 48.5 Å². The maximum atomic E-state index is 13.5. The van der Waals surface area contributed by atoms with Crippen LogP contribution in [0.3, 0.4) is 0 Å². The Morgan fingerprint density at radius 2 is 1.80 bits per heavy atom.